The maximum Gasteiger partial charge on any atom is 0.248 e. The summed E-state index contributed by atoms with van der Waals surface area (Å²) in [6, 6.07) is 17.2. The molecule has 2 atom stereocenters. The summed E-state index contributed by atoms with van der Waals surface area (Å²) >= 11 is 0. The number of nitrogens with zero attached hydrogens (tertiary/aromatic N) is 3. The van der Waals surface area contributed by atoms with E-state index in [-0.39, 0.29) is 6.79 Å². The predicted octanol–water partition coefficient (Wildman–Crippen LogP) is 2.24. The quantitative estimate of drug-likeness (QED) is 0.693. The molecule has 1 amide bonds. The molecule has 3 heterocycles. The van der Waals surface area contributed by atoms with Crippen LogP contribution in [0.4, 0.5) is 5.82 Å². The van der Waals surface area contributed by atoms with Crippen molar-refractivity contribution in [3.63, 3.8) is 0 Å². The number of aliphatic hydroxyl groups is 1. The number of rotatable bonds is 4. The Morgan fingerprint density at radius 1 is 1.07 bits per heavy atom. The minimum Gasteiger partial charge on any atom is -0.454 e. The fourth-order valence-electron chi connectivity index (χ4n) is 3.66. The molecule has 0 bridgehead atoms. The van der Waals surface area contributed by atoms with Gasteiger partial charge in [0.05, 0.1) is 5.71 Å². The summed E-state index contributed by atoms with van der Waals surface area (Å²) in [5.41, 5.74) is 7.69. The third-order valence-electron chi connectivity index (χ3n) is 5.15. The van der Waals surface area contributed by atoms with Crippen molar-refractivity contribution in [1.29, 1.82) is 0 Å². The molecular weight excluding hydrogens is 384 g/mol. The van der Waals surface area contributed by atoms with Crippen LogP contribution in [0.1, 0.15) is 27.5 Å². The molecule has 2 aliphatic rings. The molecule has 0 saturated heterocycles. The number of amides is 1. The second-order valence-electron chi connectivity index (χ2n) is 6.96. The van der Waals surface area contributed by atoms with Gasteiger partial charge in [-0.1, -0.05) is 24.3 Å². The van der Waals surface area contributed by atoms with E-state index in [9.17, 15) is 9.90 Å². The first-order valence-electron chi connectivity index (χ1n) is 9.38. The van der Waals surface area contributed by atoms with Gasteiger partial charge in [-0.3, -0.25) is 4.79 Å². The van der Waals surface area contributed by atoms with Gasteiger partial charge < -0.3 is 20.3 Å². The van der Waals surface area contributed by atoms with Gasteiger partial charge in [0, 0.05) is 17.3 Å². The van der Waals surface area contributed by atoms with Gasteiger partial charge in [0.2, 0.25) is 12.7 Å². The normalized spacial score (nSPS) is 19.6. The van der Waals surface area contributed by atoms with Crippen LogP contribution in [0, 0.1) is 0 Å². The van der Waals surface area contributed by atoms with Crippen molar-refractivity contribution in [3.05, 3.63) is 83.6 Å². The van der Waals surface area contributed by atoms with Crippen LogP contribution in [-0.2, 0) is 0 Å². The van der Waals surface area contributed by atoms with Crippen molar-refractivity contribution in [3.8, 4) is 11.5 Å². The van der Waals surface area contributed by atoms with Gasteiger partial charge in [0.15, 0.2) is 11.5 Å². The number of hydrogen-bond donors (Lipinski definition) is 2. The lowest BCUT2D eigenvalue weighted by Crippen LogP contribution is -2.30. The standard InChI is InChI=1S/C22H18N4O4/c23-22(28)14-6-4-13(5-7-14)19-21(27)20(26(25-19)18-3-1-2-10-24-18)15-8-9-16-17(11-15)30-12-29-16/h1-11,20-21,27H,12H2,(H2,23,28)/t20-,21+/m1/s1. The first-order chi connectivity index (χ1) is 14.6. The van der Waals surface area contributed by atoms with Crippen molar-refractivity contribution in [2.24, 2.45) is 10.8 Å². The number of fused-ring (bicyclic) bond motifs is 1. The van der Waals surface area contributed by atoms with Crippen molar-refractivity contribution in [1.82, 2.24) is 4.98 Å². The molecule has 0 aliphatic carbocycles. The van der Waals surface area contributed by atoms with E-state index < -0.39 is 18.1 Å². The summed E-state index contributed by atoms with van der Waals surface area (Å²) in [4.78, 5) is 15.8. The molecule has 0 unspecified atom stereocenters. The van der Waals surface area contributed by atoms with Gasteiger partial charge in [-0.25, -0.2) is 9.99 Å². The summed E-state index contributed by atoms with van der Waals surface area (Å²) in [6.07, 6.45) is 0.736. The van der Waals surface area contributed by atoms with Gasteiger partial charge >= 0.3 is 0 Å². The van der Waals surface area contributed by atoms with E-state index in [2.05, 4.69) is 10.1 Å². The van der Waals surface area contributed by atoms with Gasteiger partial charge in [-0.05, 0) is 42.0 Å². The summed E-state index contributed by atoms with van der Waals surface area (Å²) in [6.45, 7) is 0.171. The molecule has 0 spiro atoms. The Morgan fingerprint density at radius 3 is 2.60 bits per heavy atom. The number of hydrazone groups is 1. The van der Waals surface area contributed by atoms with Crippen LogP contribution >= 0.6 is 0 Å². The number of carbonyl (C=O) groups is 1. The highest BCUT2D eigenvalue weighted by atomic mass is 16.7. The molecule has 150 valence electrons. The molecule has 2 aliphatic heterocycles. The van der Waals surface area contributed by atoms with E-state index in [1.165, 1.54) is 0 Å². The van der Waals surface area contributed by atoms with E-state index in [4.69, 9.17) is 15.2 Å². The first-order valence-corrected chi connectivity index (χ1v) is 9.38. The molecule has 2 aromatic carbocycles. The zero-order chi connectivity index (χ0) is 20.7. The van der Waals surface area contributed by atoms with E-state index in [0.29, 0.717) is 34.2 Å². The second-order valence-corrected chi connectivity index (χ2v) is 6.96. The summed E-state index contributed by atoms with van der Waals surface area (Å²) in [5, 5.41) is 17.6. The van der Waals surface area contributed by atoms with Crippen LogP contribution in [-0.4, -0.2) is 34.6 Å². The smallest absolute Gasteiger partial charge is 0.248 e. The summed E-state index contributed by atoms with van der Waals surface area (Å²) in [7, 11) is 0. The Balaban J connectivity index is 1.57. The lowest BCUT2D eigenvalue weighted by Gasteiger charge is -2.25. The third kappa shape index (κ3) is 3.03. The lowest BCUT2D eigenvalue weighted by atomic mass is 9.94. The minimum atomic E-state index is -0.938. The average Bonchev–Trinajstić information content (AvgIpc) is 3.38. The zero-order valence-corrected chi connectivity index (χ0v) is 15.8. The molecule has 30 heavy (non-hydrogen) atoms. The number of ether oxygens (including phenoxy) is 2. The average molecular weight is 402 g/mol. The second kappa shape index (κ2) is 7.16. The van der Waals surface area contributed by atoms with Gasteiger partial charge in [0.25, 0.3) is 0 Å². The van der Waals surface area contributed by atoms with Crippen LogP contribution in [0.5, 0.6) is 11.5 Å². The molecule has 0 saturated carbocycles. The predicted molar refractivity (Wildman–Crippen MR) is 110 cm³/mol. The van der Waals surface area contributed by atoms with E-state index in [1.807, 2.05) is 36.4 Å². The number of primary amides is 1. The number of aliphatic hydroxyl groups excluding tert-OH is 1. The minimum absolute atomic E-state index is 0.171. The molecule has 0 radical (unpaired) electrons. The van der Waals surface area contributed by atoms with E-state index in [0.717, 1.165) is 5.56 Å². The maximum absolute atomic E-state index is 11.4. The molecule has 8 nitrogen and oxygen atoms in total. The van der Waals surface area contributed by atoms with Crippen molar-refractivity contribution in [2.45, 2.75) is 12.1 Å². The fraction of sp³-hybridized carbons (Fsp3) is 0.136. The van der Waals surface area contributed by atoms with Crippen LogP contribution in [0.2, 0.25) is 0 Å². The lowest BCUT2D eigenvalue weighted by molar-refractivity contribution is 0.1000. The number of hydrogen-bond acceptors (Lipinski definition) is 7. The van der Waals surface area contributed by atoms with Crippen molar-refractivity contribution < 1.29 is 19.4 Å². The Hall–Kier alpha value is -3.91. The highest BCUT2D eigenvalue weighted by molar-refractivity contribution is 6.07. The molecular formula is C22H18N4O4. The number of nitrogens with two attached hydrogens (primary N) is 1. The first kappa shape index (κ1) is 18.1. The Labute approximate surface area is 172 Å². The summed E-state index contributed by atoms with van der Waals surface area (Å²) < 4.78 is 10.9. The molecule has 3 aromatic rings. The van der Waals surface area contributed by atoms with Crippen LogP contribution < -0.4 is 20.2 Å². The Morgan fingerprint density at radius 2 is 1.87 bits per heavy atom. The SMILES string of the molecule is NC(=O)c1ccc(C2=NN(c3ccccn3)[C@H](c3ccc4c(c3)OCO4)[C@H]2O)cc1. The topological polar surface area (TPSA) is 110 Å². The molecule has 0 fully saturated rings. The maximum atomic E-state index is 11.4. The summed E-state index contributed by atoms with van der Waals surface area (Å²) in [5.74, 6) is 1.38. The number of anilines is 1. The molecule has 5 rings (SSSR count). The largest absolute Gasteiger partial charge is 0.454 e. The molecule has 3 N–H and O–H groups in total. The Kier molecular flexibility index (Phi) is 4.33. The van der Waals surface area contributed by atoms with Crippen LogP contribution in [0.25, 0.3) is 0 Å². The highest BCUT2D eigenvalue weighted by Gasteiger charge is 2.39. The zero-order valence-electron chi connectivity index (χ0n) is 15.8. The van der Waals surface area contributed by atoms with E-state index in [1.54, 1.807) is 35.5 Å². The van der Waals surface area contributed by atoms with Gasteiger partial charge in [-0.2, -0.15) is 5.10 Å². The Bertz CT molecular complexity index is 1130. The van der Waals surface area contributed by atoms with Gasteiger partial charge in [-0.15, -0.1) is 0 Å². The van der Waals surface area contributed by atoms with Crippen molar-refractivity contribution in [2.75, 3.05) is 11.8 Å². The van der Waals surface area contributed by atoms with Crippen LogP contribution in [0.15, 0.2) is 72.0 Å². The van der Waals surface area contributed by atoms with Crippen molar-refractivity contribution >= 4 is 17.4 Å². The number of benzene rings is 2. The number of pyridine rings is 1. The van der Waals surface area contributed by atoms with E-state index >= 15 is 0 Å². The monoisotopic (exact) mass is 402 g/mol. The number of aromatic nitrogens is 1. The van der Waals surface area contributed by atoms with Crippen LogP contribution in [0.3, 0.4) is 0 Å². The fourth-order valence-corrected chi connectivity index (χ4v) is 3.66. The third-order valence-corrected chi connectivity index (χ3v) is 5.15. The highest BCUT2D eigenvalue weighted by Crippen LogP contribution is 2.40. The van der Waals surface area contributed by atoms with Gasteiger partial charge in [0.1, 0.15) is 18.0 Å². The number of carbonyl (C=O) groups excluding carboxylic acids is 1. The molecule has 8 heteroatoms. The molecule has 1 aromatic heterocycles.